The third kappa shape index (κ3) is 4.97. The van der Waals surface area contributed by atoms with E-state index in [0.717, 1.165) is 16.5 Å². The first kappa shape index (κ1) is 19.5. The predicted octanol–water partition coefficient (Wildman–Crippen LogP) is 4.44. The quantitative estimate of drug-likeness (QED) is 0.339. The molecular weight excluding hydrogens is 426 g/mol. The van der Waals surface area contributed by atoms with Crippen LogP contribution in [0.5, 0.6) is 0 Å². The zero-order valence-corrected chi connectivity index (χ0v) is 17.7. The molecule has 7 nitrogen and oxygen atoms in total. The number of hydrogen-bond donors (Lipinski definition) is 2. The SMILES string of the molecule is Cc1csc(NC(=O)CSc2nnc(NC(=O)c3ccc4ccccc4c3)s2)n1. The van der Waals surface area contributed by atoms with Gasteiger partial charge in [-0.05, 0) is 29.8 Å². The summed E-state index contributed by atoms with van der Waals surface area (Å²) in [5, 5.41) is 18.4. The summed E-state index contributed by atoms with van der Waals surface area (Å²) in [5.41, 5.74) is 1.42. The molecule has 0 unspecified atom stereocenters. The minimum Gasteiger partial charge on any atom is -0.301 e. The Morgan fingerprint density at radius 1 is 1.03 bits per heavy atom. The molecule has 0 aliphatic rings. The van der Waals surface area contributed by atoms with E-state index in [0.29, 0.717) is 20.2 Å². The average molecular weight is 442 g/mol. The van der Waals surface area contributed by atoms with Gasteiger partial charge in [-0.2, -0.15) is 0 Å². The number of aryl methyl sites for hydroxylation is 1. The topological polar surface area (TPSA) is 96.9 Å². The van der Waals surface area contributed by atoms with Crippen molar-refractivity contribution >= 4 is 67.3 Å². The van der Waals surface area contributed by atoms with Crippen LogP contribution in [-0.4, -0.2) is 32.7 Å². The number of nitrogens with zero attached hydrogens (tertiary/aromatic N) is 3. The fourth-order valence-corrected chi connectivity index (χ4v) is 4.76. The van der Waals surface area contributed by atoms with E-state index in [2.05, 4.69) is 25.8 Å². The third-order valence-corrected chi connectivity index (χ3v) is 6.68. The minimum atomic E-state index is -0.250. The van der Waals surface area contributed by atoms with Gasteiger partial charge in [0.2, 0.25) is 11.0 Å². The van der Waals surface area contributed by atoms with Gasteiger partial charge >= 0.3 is 0 Å². The van der Waals surface area contributed by atoms with E-state index >= 15 is 0 Å². The Labute approximate surface area is 178 Å². The Morgan fingerprint density at radius 2 is 1.86 bits per heavy atom. The van der Waals surface area contributed by atoms with Crippen LogP contribution in [0.15, 0.2) is 52.2 Å². The van der Waals surface area contributed by atoms with E-state index < -0.39 is 0 Å². The lowest BCUT2D eigenvalue weighted by Gasteiger charge is -2.03. The maximum absolute atomic E-state index is 12.5. The zero-order chi connectivity index (χ0) is 20.2. The maximum atomic E-state index is 12.5. The Kier molecular flexibility index (Phi) is 5.84. The molecule has 10 heteroatoms. The van der Waals surface area contributed by atoms with Gasteiger partial charge in [-0.3, -0.25) is 14.9 Å². The third-order valence-electron chi connectivity index (χ3n) is 3.83. The van der Waals surface area contributed by atoms with Crippen molar-refractivity contribution < 1.29 is 9.59 Å². The van der Waals surface area contributed by atoms with Gasteiger partial charge in [0.25, 0.3) is 5.91 Å². The lowest BCUT2D eigenvalue weighted by atomic mass is 10.1. The zero-order valence-electron chi connectivity index (χ0n) is 15.2. The molecule has 2 aromatic carbocycles. The molecule has 0 atom stereocenters. The molecule has 4 aromatic rings. The van der Waals surface area contributed by atoms with Gasteiger partial charge in [-0.15, -0.1) is 21.5 Å². The van der Waals surface area contributed by atoms with Crippen LogP contribution in [0.4, 0.5) is 10.3 Å². The van der Waals surface area contributed by atoms with Crippen molar-refractivity contribution in [2.45, 2.75) is 11.3 Å². The lowest BCUT2D eigenvalue weighted by Crippen LogP contribution is -2.13. The molecule has 2 N–H and O–H groups in total. The first-order valence-electron chi connectivity index (χ1n) is 8.55. The molecule has 4 rings (SSSR count). The Morgan fingerprint density at radius 3 is 2.66 bits per heavy atom. The van der Waals surface area contributed by atoms with Crippen LogP contribution < -0.4 is 10.6 Å². The molecule has 0 radical (unpaired) electrons. The number of thioether (sulfide) groups is 1. The molecule has 0 aliphatic carbocycles. The summed E-state index contributed by atoms with van der Waals surface area (Å²) in [5.74, 6) is -0.229. The number of thiazole rings is 1. The van der Waals surface area contributed by atoms with E-state index in [-0.39, 0.29) is 17.6 Å². The highest BCUT2D eigenvalue weighted by Crippen LogP contribution is 2.26. The molecular formula is C19H15N5O2S3. The first-order valence-corrected chi connectivity index (χ1v) is 11.2. The summed E-state index contributed by atoms with van der Waals surface area (Å²) in [7, 11) is 0. The minimum absolute atomic E-state index is 0.165. The monoisotopic (exact) mass is 441 g/mol. The summed E-state index contributed by atoms with van der Waals surface area (Å²) in [4.78, 5) is 28.7. The second-order valence-corrected chi connectivity index (χ2v) is 9.08. The van der Waals surface area contributed by atoms with E-state index in [9.17, 15) is 9.59 Å². The summed E-state index contributed by atoms with van der Waals surface area (Å²) < 4.78 is 0.601. The van der Waals surface area contributed by atoms with Crippen molar-refractivity contribution in [3.05, 3.63) is 59.1 Å². The largest absolute Gasteiger partial charge is 0.301 e. The molecule has 0 bridgehead atoms. The van der Waals surface area contributed by atoms with Crippen molar-refractivity contribution in [2.24, 2.45) is 0 Å². The highest BCUT2D eigenvalue weighted by atomic mass is 32.2. The van der Waals surface area contributed by atoms with Crippen LogP contribution >= 0.6 is 34.4 Å². The summed E-state index contributed by atoms with van der Waals surface area (Å²) in [6.45, 7) is 1.87. The number of anilines is 2. The normalized spacial score (nSPS) is 10.8. The van der Waals surface area contributed by atoms with Crippen LogP contribution in [0.25, 0.3) is 10.8 Å². The Hall–Kier alpha value is -2.82. The van der Waals surface area contributed by atoms with Gasteiger partial charge in [-0.1, -0.05) is 53.4 Å². The second-order valence-electron chi connectivity index (χ2n) is 6.02. The molecule has 0 saturated carbocycles. The number of benzene rings is 2. The number of carbonyl (C=O) groups is 2. The molecule has 0 fully saturated rings. The standard InChI is InChI=1S/C19H15N5O2S3/c1-11-9-27-17(20-11)21-15(25)10-28-19-24-23-18(29-19)22-16(26)14-7-6-12-4-2-3-5-13(12)8-14/h2-9H,10H2,1H3,(H,20,21,25)(H,22,23,26). The first-order chi connectivity index (χ1) is 14.1. The lowest BCUT2D eigenvalue weighted by molar-refractivity contribution is -0.113. The fourth-order valence-electron chi connectivity index (χ4n) is 2.51. The van der Waals surface area contributed by atoms with Gasteiger partial charge in [0, 0.05) is 10.9 Å². The van der Waals surface area contributed by atoms with E-state index in [1.807, 2.05) is 48.7 Å². The van der Waals surface area contributed by atoms with E-state index in [4.69, 9.17) is 0 Å². The average Bonchev–Trinajstić information content (AvgIpc) is 3.34. The summed E-state index contributed by atoms with van der Waals surface area (Å²) >= 11 is 3.87. The fraction of sp³-hybridized carbons (Fsp3) is 0.105. The van der Waals surface area contributed by atoms with E-state index in [1.165, 1.54) is 34.4 Å². The number of aromatic nitrogens is 3. The highest BCUT2D eigenvalue weighted by molar-refractivity contribution is 8.01. The molecule has 2 aromatic heterocycles. The van der Waals surface area contributed by atoms with Crippen LogP contribution in [0.3, 0.4) is 0 Å². The number of nitrogens with one attached hydrogen (secondary N) is 2. The maximum Gasteiger partial charge on any atom is 0.257 e. The molecule has 146 valence electrons. The van der Waals surface area contributed by atoms with Crippen molar-refractivity contribution in [2.75, 3.05) is 16.4 Å². The van der Waals surface area contributed by atoms with Gasteiger partial charge in [-0.25, -0.2) is 4.98 Å². The van der Waals surface area contributed by atoms with Gasteiger partial charge in [0.1, 0.15) is 0 Å². The number of fused-ring (bicyclic) bond motifs is 1. The van der Waals surface area contributed by atoms with Gasteiger partial charge in [0.05, 0.1) is 11.4 Å². The molecule has 2 amide bonds. The summed E-state index contributed by atoms with van der Waals surface area (Å²) in [6.07, 6.45) is 0. The number of hydrogen-bond acceptors (Lipinski definition) is 8. The molecule has 0 saturated heterocycles. The number of amides is 2. The van der Waals surface area contributed by atoms with Crippen LogP contribution in [0.2, 0.25) is 0 Å². The van der Waals surface area contributed by atoms with Gasteiger partial charge in [0.15, 0.2) is 9.47 Å². The predicted molar refractivity (Wildman–Crippen MR) is 118 cm³/mol. The molecule has 29 heavy (non-hydrogen) atoms. The smallest absolute Gasteiger partial charge is 0.257 e. The molecule has 2 heterocycles. The molecule has 0 spiro atoms. The second kappa shape index (κ2) is 8.68. The van der Waals surface area contributed by atoms with Crippen molar-refractivity contribution in [1.82, 2.24) is 15.2 Å². The Bertz CT molecular complexity index is 1190. The number of carbonyl (C=O) groups excluding carboxylic acids is 2. The van der Waals surface area contributed by atoms with Crippen LogP contribution in [0, 0.1) is 6.92 Å². The number of rotatable bonds is 6. The van der Waals surface area contributed by atoms with Crippen molar-refractivity contribution in [3.8, 4) is 0 Å². The molecule has 0 aliphatic heterocycles. The van der Waals surface area contributed by atoms with Gasteiger partial charge < -0.3 is 5.32 Å². The van der Waals surface area contributed by atoms with Crippen molar-refractivity contribution in [3.63, 3.8) is 0 Å². The van der Waals surface area contributed by atoms with Crippen molar-refractivity contribution in [1.29, 1.82) is 0 Å². The Balaban J connectivity index is 1.33. The van der Waals surface area contributed by atoms with Crippen LogP contribution in [-0.2, 0) is 4.79 Å². The van der Waals surface area contributed by atoms with E-state index in [1.54, 1.807) is 6.07 Å². The summed E-state index contributed by atoms with van der Waals surface area (Å²) in [6, 6.07) is 13.4. The highest BCUT2D eigenvalue weighted by Gasteiger charge is 2.13. The van der Waals surface area contributed by atoms with Crippen LogP contribution in [0.1, 0.15) is 16.1 Å².